The lowest BCUT2D eigenvalue weighted by Gasteiger charge is -2.15. The van der Waals surface area contributed by atoms with Crippen molar-refractivity contribution in [1.82, 2.24) is 39.7 Å². The molecule has 2 amide bonds. The molecule has 0 fully saturated rings. The van der Waals surface area contributed by atoms with E-state index < -0.39 is 35.4 Å². The maximum absolute atomic E-state index is 14.7. The predicted molar refractivity (Wildman–Crippen MR) is 287 cm³/mol. The van der Waals surface area contributed by atoms with Crippen LogP contribution in [0.4, 0.5) is 43.4 Å². The van der Waals surface area contributed by atoms with Gasteiger partial charge in [-0.05, 0) is 59.4 Å². The monoisotopic (exact) mass is 1040 g/mol. The molecule has 0 saturated heterocycles. The minimum atomic E-state index is -1.18. The van der Waals surface area contributed by atoms with Gasteiger partial charge >= 0.3 is 11.9 Å². The Balaban J connectivity index is 0.000000221. The molecule has 0 spiro atoms. The number of para-hydroxylation sites is 2. The number of aromatic nitrogens is 6. The van der Waals surface area contributed by atoms with Gasteiger partial charge < -0.3 is 60.4 Å². The van der Waals surface area contributed by atoms with Crippen LogP contribution >= 0.6 is 0 Å². The van der Waals surface area contributed by atoms with Gasteiger partial charge in [0.2, 0.25) is 23.7 Å². The first-order valence-electron chi connectivity index (χ1n) is 23.4. The van der Waals surface area contributed by atoms with Crippen LogP contribution in [-0.4, -0.2) is 131 Å². The molecule has 0 aliphatic heterocycles. The van der Waals surface area contributed by atoms with Crippen LogP contribution in [0.5, 0.6) is 11.5 Å². The first kappa shape index (κ1) is 54.2. The largest absolute Gasteiger partial charge is 0.494 e. The summed E-state index contributed by atoms with van der Waals surface area (Å²) in [4.78, 5) is 76.7. The summed E-state index contributed by atoms with van der Waals surface area (Å²) >= 11 is 0. The molecule has 22 heteroatoms. The number of H-pyrrole nitrogens is 2. The van der Waals surface area contributed by atoms with Crippen LogP contribution in [0.2, 0.25) is 0 Å². The van der Waals surface area contributed by atoms with E-state index >= 15 is 0 Å². The third-order valence-electron chi connectivity index (χ3n) is 11.1. The van der Waals surface area contributed by atoms with Crippen LogP contribution < -0.4 is 30.7 Å². The van der Waals surface area contributed by atoms with E-state index in [9.17, 15) is 33.1 Å². The molecule has 0 unspecified atom stereocenters. The van der Waals surface area contributed by atoms with Gasteiger partial charge in [-0.15, -0.1) is 0 Å². The Labute approximate surface area is 434 Å². The number of hydrogen-bond acceptors (Lipinski definition) is 15. The zero-order chi connectivity index (χ0) is 54.5. The van der Waals surface area contributed by atoms with E-state index in [1.807, 2.05) is 86.5 Å². The smallest absolute Gasteiger partial charge is 0.341 e. The molecule has 0 radical (unpaired) electrons. The third kappa shape index (κ3) is 13.3. The minimum absolute atomic E-state index is 0.0540. The zero-order valence-corrected chi connectivity index (χ0v) is 42.4. The van der Waals surface area contributed by atoms with Crippen LogP contribution in [-0.2, 0) is 14.3 Å². The number of likely N-dealkylation sites (N-methyl/N-ethyl adjacent to an activating group) is 2. The number of anilines is 6. The van der Waals surface area contributed by atoms with Crippen LogP contribution in [0.3, 0.4) is 0 Å². The van der Waals surface area contributed by atoms with Crippen LogP contribution in [0.1, 0.15) is 27.6 Å². The number of nitrogens with one attached hydrogen (secondary N) is 6. The van der Waals surface area contributed by atoms with Crippen LogP contribution in [0.15, 0.2) is 122 Å². The molecule has 4 heterocycles. The molecular weight excluding hydrogens is 983 g/mol. The maximum Gasteiger partial charge on any atom is 0.341 e. The number of carboxylic acids is 1. The van der Waals surface area contributed by atoms with Gasteiger partial charge in [0.25, 0.3) is 0 Å². The van der Waals surface area contributed by atoms with E-state index in [0.717, 1.165) is 33.9 Å². The molecule has 4 aromatic heterocycles. The Kier molecular flexibility index (Phi) is 17.8. The van der Waals surface area contributed by atoms with Gasteiger partial charge in [0.15, 0.2) is 11.6 Å². The molecule has 0 aliphatic carbocycles. The second-order valence-corrected chi connectivity index (χ2v) is 17.1. The quantitative estimate of drug-likeness (QED) is 0.0295. The molecule has 8 rings (SSSR count). The van der Waals surface area contributed by atoms with Crippen LogP contribution in [0.25, 0.3) is 44.3 Å². The Bertz CT molecular complexity index is 3480. The average molecular weight is 1040 g/mol. The van der Waals surface area contributed by atoms with E-state index in [4.69, 9.17) is 14.2 Å². The number of esters is 1. The first-order valence-corrected chi connectivity index (χ1v) is 23.4. The number of carbonyl (C=O) groups excluding carboxylic acids is 3. The van der Waals surface area contributed by atoms with Crippen molar-refractivity contribution in [3.63, 3.8) is 0 Å². The molecule has 0 atom stereocenters. The van der Waals surface area contributed by atoms with Crippen molar-refractivity contribution in [2.75, 3.05) is 83.4 Å². The lowest BCUT2D eigenvalue weighted by Crippen LogP contribution is -2.13. The van der Waals surface area contributed by atoms with Crippen molar-refractivity contribution < 1.29 is 47.3 Å². The van der Waals surface area contributed by atoms with Crippen molar-refractivity contribution in [3.8, 4) is 34.0 Å². The number of hydrogen-bond donors (Lipinski definition) is 7. The Morgan fingerprint density at radius 1 is 0.645 bits per heavy atom. The molecule has 7 N–H and O–H groups in total. The first-order chi connectivity index (χ1) is 36.6. The number of aromatic carboxylic acids is 1. The molecule has 8 aromatic rings. The number of fused-ring (bicyclic) bond motifs is 2. The fraction of sp³-hybridized carbons (Fsp3) is 0.185. The third-order valence-corrected chi connectivity index (χ3v) is 11.1. The molecule has 0 bridgehead atoms. The fourth-order valence-electron chi connectivity index (χ4n) is 7.51. The van der Waals surface area contributed by atoms with Gasteiger partial charge in [0.05, 0.1) is 55.0 Å². The van der Waals surface area contributed by atoms with Gasteiger partial charge in [0, 0.05) is 95.1 Å². The van der Waals surface area contributed by atoms with Gasteiger partial charge in [-0.1, -0.05) is 48.6 Å². The lowest BCUT2D eigenvalue weighted by atomic mass is 10.1. The number of aromatic amines is 2. The highest BCUT2D eigenvalue weighted by atomic mass is 19.1. The summed E-state index contributed by atoms with van der Waals surface area (Å²) in [6.45, 7) is 3.02. The van der Waals surface area contributed by atoms with Crippen molar-refractivity contribution in [2.45, 2.75) is 6.92 Å². The van der Waals surface area contributed by atoms with Gasteiger partial charge in [-0.25, -0.2) is 38.3 Å². The second kappa shape index (κ2) is 24.9. The molecule has 20 nitrogen and oxygen atoms in total. The SMILES string of the molecule is CCOC(=O)c1cnc(Nc2cc(NC(=O)/C=C/CN(C)C)c(F)cc2OC)nc1-c1c[nH]c2ccccc12.COc1cc(F)c(NC(=O)/C=C/CN(C)C)cc1Nc1ncc(C(=O)O)c(-c2c[nH]c3ccccc23)n1. The average Bonchev–Trinajstić information content (AvgIpc) is 4.04. The van der Waals surface area contributed by atoms with E-state index in [1.54, 1.807) is 31.5 Å². The van der Waals surface area contributed by atoms with Crippen molar-refractivity contribution in [2.24, 2.45) is 0 Å². The van der Waals surface area contributed by atoms with Crippen molar-refractivity contribution >= 4 is 80.2 Å². The highest BCUT2D eigenvalue weighted by molar-refractivity contribution is 6.04. The number of methoxy groups -OCH3 is 2. The fourth-order valence-corrected chi connectivity index (χ4v) is 7.51. The maximum atomic E-state index is 14.7. The Morgan fingerprint density at radius 2 is 1.08 bits per heavy atom. The van der Waals surface area contributed by atoms with E-state index in [-0.39, 0.29) is 63.9 Å². The summed E-state index contributed by atoms with van der Waals surface area (Å²) < 4.78 is 45.2. The Hall–Kier alpha value is -9.54. The summed E-state index contributed by atoms with van der Waals surface area (Å²) in [6, 6.07) is 20.1. The van der Waals surface area contributed by atoms with Gasteiger partial charge in [-0.3, -0.25) is 9.59 Å². The number of halogens is 2. The summed E-state index contributed by atoms with van der Waals surface area (Å²) in [5.41, 5.74) is 4.05. The van der Waals surface area contributed by atoms with E-state index in [2.05, 4.69) is 51.2 Å². The van der Waals surface area contributed by atoms with E-state index in [0.29, 0.717) is 35.6 Å². The number of rotatable bonds is 19. The topological polar surface area (TPSA) is 254 Å². The summed E-state index contributed by atoms with van der Waals surface area (Å²) in [7, 11) is 10.2. The molecule has 0 saturated carbocycles. The number of amides is 2. The number of nitrogens with zero attached hydrogens (tertiary/aromatic N) is 6. The second-order valence-electron chi connectivity index (χ2n) is 17.1. The molecule has 76 heavy (non-hydrogen) atoms. The molecular formula is C54H54F2N12O8. The predicted octanol–water partition coefficient (Wildman–Crippen LogP) is 9.02. The van der Waals surface area contributed by atoms with Gasteiger partial charge in [-0.2, -0.15) is 0 Å². The number of ether oxygens (including phenoxy) is 3. The Morgan fingerprint density at radius 3 is 1.50 bits per heavy atom. The van der Waals surface area contributed by atoms with Crippen molar-refractivity contribution in [3.05, 3.63) is 145 Å². The molecule has 4 aromatic carbocycles. The zero-order valence-electron chi connectivity index (χ0n) is 42.4. The standard InChI is InChI=1S/C28H29FN6O4.C26H25FN6O4/c1-5-39-27(37)19-16-31-28(34-26(19)18-15-30-21-10-7-6-9-17(18)21)33-23-14-22(20(29)13-24(23)38-4)32-25(36)11-8-12-35(2)3;1-33(2)10-6-9-23(34)30-20-12-21(22(37-3)11-18(20)27)31-26-29-14-17(25(35)36)24(32-26)16-13-28-19-8-5-4-7-15(16)19/h6-11,13-16,30H,5,12H2,1-4H3,(H,32,36)(H,31,33,34);4-9,11-14,28H,10H2,1-3H3,(H,30,34)(H,35,36)(H,29,31,32)/b11-8+;9-6+. The van der Waals surface area contributed by atoms with Crippen molar-refractivity contribution in [1.29, 1.82) is 0 Å². The normalized spacial score (nSPS) is 11.2. The van der Waals surface area contributed by atoms with Crippen LogP contribution in [0, 0.1) is 11.6 Å². The number of carbonyl (C=O) groups is 4. The minimum Gasteiger partial charge on any atom is -0.494 e. The summed E-state index contributed by atoms with van der Waals surface area (Å²) in [5, 5.41) is 22.4. The highest BCUT2D eigenvalue weighted by Gasteiger charge is 2.23. The number of benzene rings is 4. The summed E-state index contributed by atoms with van der Waals surface area (Å²) in [6.07, 6.45) is 12.0. The van der Waals surface area contributed by atoms with E-state index in [1.165, 1.54) is 50.9 Å². The highest BCUT2D eigenvalue weighted by Crippen LogP contribution is 2.37. The number of carboxylic acid groups (broad SMARTS) is 1. The molecule has 0 aliphatic rings. The summed E-state index contributed by atoms with van der Waals surface area (Å²) in [5.74, 6) is -3.62. The molecule has 392 valence electrons. The van der Waals surface area contributed by atoms with Gasteiger partial charge in [0.1, 0.15) is 22.6 Å². The lowest BCUT2D eigenvalue weighted by molar-refractivity contribution is -0.112.